The van der Waals surface area contributed by atoms with Crippen molar-refractivity contribution in [2.24, 2.45) is 5.73 Å². The Bertz CT molecular complexity index is 612. The maximum absolute atomic E-state index is 10.9. The Morgan fingerprint density at radius 1 is 1.40 bits per heavy atom. The van der Waals surface area contributed by atoms with Crippen LogP contribution in [0.1, 0.15) is 5.56 Å². The first-order valence-electron chi connectivity index (χ1n) is 5.10. The molecule has 0 unspecified atom stereocenters. The smallest absolute Gasteiger partial charge is 0.341 e. The van der Waals surface area contributed by atoms with Gasteiger partial charge < -0.3 is 15.6 Å². The lowest BCUT2D eigenvalue weighted by Crippen LogP contribution is -2.12. The van der Waals surface area contributed by atoms with Crippen molar-refractivity contribution < 1.29 is 19.4 Å². The number of ether oxygens (including phenoxy) is 1. The molecule has 0 atom stereocenters. The number of nitriles is 1. The second-order valence-corrected chi connectivity index (χ2v) is 4.34. The van der Waals surface area contributed by atoms with Crippen LogP contribution in [0.25, 0.3) is 6.08 Å². The van der Waals surface area contributed by atoms with Crippen LogP contribution >= 0.6 is 23.2 Å². The third-order valence-corrected chi connectivity index (χ3v) is 2.62. The predicted octanol–water partition coefficient (Wildman–Crippen LogP) is 1.85. The number of aliphatic carboxylic acids is 1. The van der Waals surface area contributed by atoms with Gasteiger partial charge in [0.1, 0.15) is 11.6 Å². The lowest BCUT2D eigenvalue weighted by molar-refractivity contribution is -0.139. The number of carboxylic acid groups (broad SMARTS) is 1. The third-order valence-electron chi connectivity index (χ3n) is 2.06. The summed E-state index contributed by atoms with van der Waals surface area (Å²) in [5.41, 5.74) is 5.09. The Labute approximate surface area is 124 Å². The van der Waals surface area contributed by atoms with Crippen molar-refractivity contribution in [2.45, 2.75) is 0 Å². The molecule has 3 N–H and O–H groups in total. The molecule has 1 aromatic carbocycles. The van der Waals surface area contributed by atoms with E-state index in [0.717, 1.165) is 0 Å². The maximum Gasteiger partial charge on any atom is 0.341 e. The minimum Gasteiger partial charge on any atom is -0.479 e. The number of hydrogen-bond acceptors (Lipinski definition) is 4. The summed E-state index contributed by atoms with van der Waals surface area (Å²) in [5, 5.41) is 17.3. The van der Waals surface area contributed by atoms with Gasteiger partial charge in [0.2, 0.25) is 0 Å². The van der Waals surface area contributed by atoms with E-state index in [0.29, 0.717) is 5.56 Å². The van der Waals surface area contributed by atoms with E-state index in [-0.39, 0.29) is 21.4 Å². The number of amides is 1. The zero-order valence-electron chi connectivity index (χ0n) is 9.89. The van der Waals surface area contributed by atoms with Gasteiger partial charge in [-0.25, -0.2) is 4.79 Å². The molecule has 0 bridgehead atoms. The minimum absolute atomic E-state index is 0.00506. The molecule has 1 amide bonds. The van der Waals surface area contributed by atoms with Crippen LogP contribution in [0.5, 0.6) is 5.75 Å². The molecule has 20 heavy (non-hydrogen) atoms. The van der Waals surface area contributed by atoms with Crippen LogP contribution < -0.4 is 10.5 Å². The maximum atomic E-state index is 10.9. The highest BCUT2D eigenvalue weighted by atomic mass is 35.5. The molecule has 0 saturated heterocycles. The highest BCUT2D eigenvalue weighted by Crippen LogP contribution is 2.34. The normalized spacial score (nSPS) is 10.8. The number of carbonyl (C=O) groups excluding carboxylic acids is 1. The lowest BCUT2D eigenvalue weighted by Gasteiger charge is -2.09. The largest absolute Gasteiger partial charge is 0.479 e. The van der Waals surface area contributed by atoms with Crippen LogP contribution in [0, 0.1) is 11.3 Å². The van der Waals surface area contributed by atoms with Crippen LogP contribution in [0.2, 0.25) is 10.0 Å². The molecule has 0 aliphatic rings. The molecule has 104 valence electrons. The summed E-state index contributed by atoms with van der Waals surface area (Å²) in [5.74, 6) is -2.06. The fraction of sp³-hybridized carbons (Fsp3) is 0.0833. The molecule has 0 fully saturated rings. The van der Waals surface area contributed by atoms with Crippen molar-refractivity contribution in [1.29, 1.82) is 5.26 Å². The Hall–Kier alpha value is -2.23. The highest BCUT2D eigenvalue weighted by molar-refractivity contribution is 6.37. The Balaban J connectivity index is 3.14. The fourth-order valence-electron chi connectivity index (χ4n) is 1.26. The second kappa shape index (κ2) is 6.80. The van der Waals surface area contributed by atoms with Gasteiger partial charge in [0.05, 0.1) is 10.0 Å². The Morgan fingerprint density at radius 2 is 1.95 bits per heavy atom. The molecule has 1 aromatic rings. The molecule has 8 heteroatoms. The van der Waals surface area contributed by atoms with E-state index in [1.165, 1.54) is 18.2 Å². The molecule has 0 spiro atoms. The van der Waals surface area contributed by atoms with Gasteiger partial charge in [0.15, 0.2) is 12.4 Å². The monoisotopic (exact) mass is 314 g/mol. The number of carboxylic acids is 1. The number of primary amides is 1. The van der Waals surface area contributed by atoms with Crippen molar-refractivity contribution >= 4 is 41.2 Å². The van der Waals surface area contributed by atoms with Gasteiger partial charge in [0, 0.05) is 0 Å². The number of halogens is 2. The summed E-state index contributed by atoms with van der Waals surface area (Å²) in [6, 6.07) is 4.37. The van der Waals surface area contributed by atoms with Crippen LogP contribution in [0.3, 0.4) is 0 Å². The summed E-state index contributed by atoms with van der Waals surface area (Å²) >= 11 is 11.8. The van der Waals surface area contributed by atoms with Crippen LogP contribution in [0.4, 0.5) is 0 Å². The standard InChI is InChI=1S/C12H8Cl2N2O4/c13-8-2-6(1-7(4-15)12(16)19)3-9(14)11(8)20-5-10(17)18/h1-3H,5H2,(H2,16,19)(H,17,18)/b7-1+. The number of nitrogens with zero attached hydrogens (tertiary/aromatic N) is 1. The van der Waals surface area contributed by atoms with Crippen molar-refractivity contribution in [3.8, 4) is 11.8 Å². The molecular weight excluding hydrogens is 307 g/mol. The third kappa shape index (κ3) is 4.16. The number of hydrogen-bond donors (Lipinski definition) is 2. The molecule has 0 aromatic heterocycles. The molecule has 6 nitrogen and oxygen atoms in total. The van der Waals surface area contributed by atoms with Gasteiger partial charge in [-0.1, -0.05) is 23.2 Å². The summed E-state index contributed by atoms with van der Waals surface area (Å²) in [6.07, 6.45) is 1.21. The number of benzene rings is 1. The van der Waals surface area contributed by atoms with Gasteiger partial charge in [-0.3, -0.25) is 4.79 Å². The van der Waals surface area contributed by atoms with E-state index in [2.05, 4.69) is 0 Å². The molecule has 0 saturated carbocycles. The van der Waals surface area contributed by atoms with E-state index in [1.54, 1.807) is 6.07 Å². The first-order valence-corrected chi connectivity index (χ1v) is 5.86. The second-order valence-electron chi connectivity index (χ2n) is 3.53. The number of rotatable bonds is 5. The fourth-order valence-corrected chi connectivity index (χ4v) is 1.87. The van der Waals surface area contributed by atoms with Gasteiger partial charge in [0.25, 0.3) is 5.91 Å². The summed E-state index contributed by atoms with van der Waals surface area (Å²) in [6.45, 7) is -0.598. The molecule has 0 radical (unpaired) electrons. The summed E-state index contributed by atoms with van der Waals surface area (Å²) in [7, 11) is 0. The zero-order valence-corrected chi connectivity index (χ0v) is 11.4. The highest BCUT2D eigenvalue weighted by Gasteiger charge is 2.12. The lowest BCUT2D eigenvalue weighted by atomic mass is 10.1. The van der Waals surface area contributed by atoms with E-state index in [4.69, 9.17) is 44.0 Å². The molecule has 0 aliphatic heterocycles. The van der Waals surface area contributed by atoms with Gasteiger partial charge >= 0.3 is 5.97 Å². The Morgan fingerprint density at radius 3 is 2.35 bits per heavy atom. The summed E-state index contributed by atoms with van der Waals surface area (Å²) in [4.78, 5) is 21.3. The van der Waals surface area contributed by atoms with Crippen LogP contribution in [-0.4, -0.2) is 23.6 Å². The van der Waals surface area contributed by atoms with Gasteiger partial charge in [-0.05, 0) is 23.8 Å². The van der Waals surface area contributed by atoms with Crippen LogP contribution in [0.15, 0.2) is 17.7 Å². The Kier molecular flexibility index (Phi) is 5.38. The first-order chi connectivity index (χ1) is 9.35. The average molecular weight is 315 g/mol. The number of carbonyl (C=O) groups is 2. The molecule has 0 heterocycles. The molecule has 1 rings (SSSR count). The number of nitrogens with two attached hydrogens (primary N) is 1. The van der Waals surface area contributed by atoms with E-state index < -0.39 is 18.5 Å². The SMILES string of the molecule is N#C/C(=C\c1cc(Cl)c(OCC(=O)O)c(Cl)c1)C(N)=O. The van der Waals surface area contributed by atoms with Gasteiger partial charge in [-0.2, -0.15) is 5.26 Å². The topological polar surface area (TPSA) is 113 Å². The summed E-state index contributed by atoms with van der Waals surface area (Å²) < 4.78 is 4.92. The van der Waals surface area contributed by atoms with Gasteiger partial charge in [-0.15, -0.1) is 0 Å². The predicted molar refractivity (Wildman–Crippen MR) is 72.4 cm³/mol. The van der Waals surface area contributed by atoms with Crippen molar-refractivity contribution in [3.05, 3.63) is 33.3 Å². The quantitative estimate of drug-likeness (QED) is 0.636. The van der Waals surface area contributed by atoms with Crippen molar-refractivity contribution in [3.63, 3.8) is 0 Å². The van der Waals surface area contributed by atoms with E-state index >= 15 is 0 Å². The van der Waals surface area contributed by atoms with E-state index in [1.807, 2.05) is 0 Å². The molecular formula is C12H8Cl2N2O4. The zero-order chi connectivity index (χ0) is 15.3. The minimum atomic E-state index is -1.18. The first kappa shape index (κ1) is 15.8. The van der Waals surface area contributed by atoms with Crippen molar-refractivity contribution in [2.75, 3.05) is 6.61 Å². The average Bonchev–Trinajstić information content (AvgIpc) is 2.34. The van der Waals surface area contributed by atoms with Crippen LogP contribution in [-0.2, 0) is 9.59 Å². The van der Waals surface area contributed by atoms with E-state index in [9.17, 15) is 9.59 Å². The van der Waals surface area contributed by atoms with Crippen molar-refractivity contribution in [1.82, 2.24) is 0 Å². The molecule has 0 aliphatic carbocycles.